The molecule has 0 fully saturated rings. The second-order valence-electron chi connectivity index (χ2n) is 7.75. The highest BCUT2D eigenvalue weighted by Gasteiger charge is 2.25. The van der Waals surface area contributed by atoms with Gasteiger partial charge in [0.05, 0.1) is 30.0 Å². The fourth-order valence-electron chi connectivity index (χ4n) is 2.96. The van der Waals surface area contributed by atoms with Crippen molar-refractivity contribution in [3.63, 3.8) is 0 Å². The van der Waals surface area contributed by atoms with Gasteiger partial charge in [0.15, 0.2) is 11.5 Å². The molecule has 0 aliphatic carbocycles. The van der Waals surface area contributed by atoms with E-state index in [0.717, 1.165) is 18.4 Å². The number of hydrazone groups is 1. The number of hydrogen-bond donors (Lipinski definition) is 2. The zero-order chi connectivity index (χ0) is 24.2. The monoisotopic (exact) mass is 473 g/mol. The lowest BCUT2D eigenvalue weighted by molar-refractivity contribution is -0.123. The van der Waals surface area contributed by atoms with Gasteiger partial charge < -0.3 is 14.8 Å². The van der Waals surface area contributed by atoms with Gasteiger partial charge in [-0.2, -0.15) is 5.10 Å². The van der Waals surface area contributed by atoms with Crippen LogP contribution in [0.2, 0.25) is 5.02 Å². The second kappa shape index (κ2) is 13.5. The topological polar surface area (TPSA) is 89.0 Å². The smallest absolute Gasteiger partial charge is 0.262 e. The molecule has 0 aromatic heterocycles. The first-order chi connectivity index (χ1) is 15.9. The van der Waals surface area contributed by atoms with Crippen molar-refractivity contribution in [2.45, 2.75) is 46.6 Å². The van der Waals surface area contributed by atoms with Crippen LogP contribution in [0, 0.1) is 5.92 Å². The van der Waals surface area contributed by atoms with Gasteiger partial charge in [-0.25, -0.2) is 5.43 Å². The largest absolute Gasteiger partial charge is 0.490 e. The number of ether oxygens (including phenoxy) is 2. The average molecular weight is 474 g/mol. The fourth-order valence-corrected chi connectivity index (χ4v) is 3.18. The van der Waals surface area contributed by atoms with Gasteiger partial charge in [0.25, 0.3) is 11.8 Å². The third kappa shape index (κ3) is 8.09. The van der Waals surface area contributed by atoms with Crippen LogP contribution in [0.1, 0.15) is 56.5 Å². The normalized spacial score (nSPS) is 11.9. The maximum absolute atomic E-state index is 12.7. The van der Waals surface area contributed by atoms with Crippen molar-refractivity contribution < 1.29 is 19.1 Å². The van der Waals surface area contributed by atoms with Crippen LogP contribution in [-0.2, 0) is 4.79 Å². The minimum absolute atomic E-state index is 0.157. The molecule has 0 heterocycles. The molecule has 1 unspecified atom stereocenters. The summed E-state index contributed by atoms with van der Waals surface area (Å²) in [6, 6.07) is 11.4. The van der Waals surface area contributed by atoms with Gasteiger partial charge in [-0.05, 0) is 55.2 Å². The lowest BCUT2D eigenvalue weighted by atomic mass is 10.0. The third-order valence-corrected chi connectivity index (χ3v) is 5.10. The highest BCUT2D eigenvalue weighted by Crippen LogP contribution is 2.28. The Hall–Kier alpha value is -3.06. The van der Waals surface area contributed by atoms with E-state index in [4.69, 9.17) is 21.1 Å². The van der Waals surface area contributed by atoms with Gasteiger partial charge >= 0.3 is 0 Å². The maximum Gasteiger partial charge on any atom is 0.262 e. The van der Waals surface area contributed by atoms with Crippen molar-refractivity contribution in [2.24, 2.45) is 11.0 Å². The minimum atomic E-state index is -0.778. The molecule has 1 atom stereocenters. The Morgan fingerprint density at radius 3 is 2.52 bits per heavy atom. The molecule has 0 spiro atoms. The Morgan fingerprint density at radius 1 is 1.09 bits per heavy atom. The molecule has 8 heteroatoms. The van der Waals surface area contributed by atoms with E-state index >= 15 is 0 Å². The number of halogens is 1. The fraction of sp³-hybridized carbons (Fsp3) is 0.400. The van der Waals surface area contributed by atoms with Gasteiger partial charge in [0.1, 0.15) is 6.04 Å². The Kier molecular flexibility index (Phi) is 10.7. The standard InChI is InChI=1S/C25H32ClN3O4/c1-5-7-14-33-21-13-12-18(15-22(21)32-6-2)16-27-29-25(31)23(17(3)4)28-24(30)19-10-8-9-11-20(19)26/h8-13,15-17,23H,5-7,14H2,1-4H3,(H,28,30)(H,29,31)/b27-16-. The summed E-state index contributed by atoms with van der Waals surface area (Å²) < 4.78 is 11.4. The zero-order valence-electron chi connectivity index (χ0n) is 19.6. The number of amides is 2. The predicted octanol–water partition coefficient (Wildman–Crippen LogP) is 4.82. The summed E-state index contributed by atoms with van der Waals surface area (Å²) in [4.78, 5) is 25.2. The van der Waals surface area contributed by atoms with E-state index in [1.165, 1.54) is 6.21 Å². The molecule has 2 aromatic rings. The van der Waals surface area contributed by atoms with Crippen LogP contribution in [-0.4, -0.2) is 37.3 Å². The van der Waals surface area contributed by atoms with E-state index < -0.39 is 17.9 Å². The summed E-state index contributed by atoms with van der Waals surface area (Å²) >= 11 is 6.09. The van der Waals surface area contributed by atoms with Gasteiger partial charge in [0, 0.05) is 0 Å². The number of unbranched alkanes of at least 4 members (excludes halogenated alkanes) is 1. The van der Waals surface area contributed by atoms with Crippen molar-refractivity contribution in [1.29, 1.82) is 0 Å². The van der Waals surface area contributed by atoms with Crippen molar-refractivity contribution in [3.8, 4) is 11.5 Å². The lowest BCUT2D eigenvalue weighted by Gasteiger charge is -2.20. The molecule has 33 heavy (non-hydrogen) atoms. The molecule has 2 rings (SSSR count). The van der Waals surface area contributed by atoms with E-state index in [9.17, 15) is 9.59 Å². The third-order valence-electron chi connectivity index (χ3n) is 4.77. The summed E-state index contributed by atoms with van der Waals surface area (Å²) in [5.41, 5.74) is 3.55. The first-order valence-electron chi connectivity index (χ1n) is 11.1. The lowest BCUT2D eigenvalue weighted by Crippen LogP contribution is -2.48. The molecule has 2 amide bonds. The summed E-state index contributed by atoms with van der Waals surface area (Å²) in [7, 11) is 0. The van der Waals surface area contributed by atoms with E-state index in [0.29, 0.717) is 35.3 Å². The molecular formula is C25H32ClN3O4. The molecule has 0 bridgehead atoms. The van der Waals surface area contributed by atoms with E-state index in [1.807, 2.05) is 32.9 Å². The van der Waals surface area contributed by atoms with Crippen LogP contribution in [0.25, 0.3) is 0 Å². The molecule has 0 saturated carbocycles. The van der Waals surface area contributed by atoms with Crippen LogP contribution >= 0.6 is 11.6 Å². The predicted molar refractivity (Wildman–Crippen MR) is 131 cm³/mol. The number of rotatable bonds is 12. The molecular weight excluding hydrogens is 442 g/mol. The molecule has 178 valence electrons. The number of nitrogens with zero attached hydrogens (tertiary/aromatic N) is 1. The van der Waals surface area contributed by atoms with Crippen molar-refractivity contribution in [2.75, 3.05) is 13.2 Å². The molecule has 0 aliphatic heterocycles. The number of benzene rings is 2. The quantitative estimate of drug-likeness (QED) is 0.262. The first kappa shape index (κ1) is 26.2. The van der Waals surface area contributed by atoms with E-state index in [-0.39, 0.29) is 5.92 Å². The summed E-state index contributed by atoms with van der Waals surface area (Å²) in [5, 5.41) is 7.11. The van der Waals surface area contributed by atoms with Gasteiger partial charge in [0.2, 0.25) is 0 Å². The minimum Gasteiger partial charge on any atom is -0.490 e. The number of carbonyl (C=O) groups is 2. The highest BCUT2D eigenvalue weighted by molar-refractivity contribution is 6.33. The summed E-state index contributed by atoms with van der Waals surface area (Å²) in [6.07, 6.45) is 3.53. The molecule has 0 aliphatic rings. The van der Waals surface area contributed by atoms with Crippen molar-refractivity contribution >= 4 is 29.6 Å². The van der Waals surface area contributed by atoms with Crippen LogP contribution in [0.5, 0.6) is 11.5 Å². The zero-order valence-corrected chi connectivity index (χ0v) is 20.3. The van der Waals surface area contributed by atoms with Crippen LogP contribution in [0.3, 0.4) is 0 Å². The number of carbonyl (C=O) groups excluding carboxylic acids is 2. The first-order valence-corrected chi connectivity index (χ1v) is 11.5. The SMILES string of the molecule is CCCCOc1ccc(/C=N\NC(=O)C(NC(=O)c2ccccc2Cl)C(C)C)cc1OCC. The Labute approximate surface area is 200 Å². The van der Waals surface area contributed by atoms with E-state index in [1.54, 1.807) is 30.3 Å². The molecule has 0 radical (unpaired) electrons. The van der Waals surface area contributed by atoms with Gasteiger partial charge in [-0.1, -0.05) is 50.9 Å². The van der Waals surface area contributed by atoms with Crippen LogP contribution in [0.15, 0.2) is 47.6 Å². The summed E-state index contributed by atoms with van der Waals surface area (Å²) in [5.74, 6) is 0.296. The molecule has 0 saturated heterocycles. The Bertz CT molecular complexity index is 962. The van der Waals surface area contributed by atoms with Gasteiger partial charge in [-0.3, -0.25) is 9.59 Å². The second-order valence-corrected chi connectivity index (χ2v) is 8.16. The number of nitrogens with one attached hydrogen (secondary N) is 2. The average Bonchev–Trinajstić information content (AvgIpc) is 2.79. The van der Waals surface area contributed by atoms with E-state index in [2.05, 4.69) is 22.8 Å². The van der Waals surface area contributed by atoms with Gasteiger partial charge in [-0.15, -0.1) is 0 Å². The molecule has 2 aromatic carbocycles. The summed E-state index contributed by atoms with van der Waals surface area (Å²) in [6.45, 7) is 8.81. The highest BCUT2D eigenvalue weighted by atomic mass is 35.5. The Balaban J connectivity index is 2.04. The maximum atomic E-state index is 12.7. The Morgan fingerprint density at radius 2 is 1.85 bits per heavy atom. The number of hydrogen-bond acceptors (Lipinski definition) is 5. The molecule has 7 nitrogen and oxygen atoms in total. The van der Waals surface area contributed by atoms with Crippen LogP contribution in [0.4, 0.5) is 0 Å². The van der Waals surface area contributed by atoms with Crippen molar-refractivity contribution in [1.82, 2.24) is 10.7 Å². The van der Waals surface area contributed by atoms with Crippen LogP contribution < -0.4 is 20.2 Å². The van der Waals surface area contributed by atoms with Crippen molar-refractivity contribution in [3.05, 3.63) is 58.6 Å². The molecule has 2 N–H and O–H groups in total.